The molecule has 1 aromatic rings. The van der Waals surface area contributed by atoms with Crippen molar-refractivity contribution in [1.82, 2.24) is 9.88 Å². The first kappa shape index (κ1) is 12.1. The molecule has 6 nitrogen and oxygen atoms in total. The Hall–Kier alpha value is -1.98. The smallest absolute Gasteiger partial charge is 0.407 e. The lowest BCUT2D eigenvalue weighted by Gasteiger charge is -2.14. The van der Waals surface area contributed by atoms with Crippen molar-refractivity contribution in [3.8, 4) is 11.8 Å². The lowest BCUT2D eigenvalue weighted by molar-refractivity contribution is 0.137. The number of hydrogen-bond acceptors (Lipinski definition) is 4. The van der Waals surface area contributed by atoms with Crippen LogP contribution in [-0.2, 0) is 6.54 Å². The quantitative estimate of drug-likeness (QED) is 0.900. The Morgan fingerprint density at radius 3 is 3.11 bits per heavy atom. The van der Waals surface area contributed by atoms with Crippen LogP contribution in [0.2, 0.25) is 0 Å². The standard InChI is InChI=1S/C13H16N2O4/c16-13(17)15-5-6-18-12-10(7-15)3-4-11(14-12)19-8-9-1-2-9/h3-4,9H,1-2,5-8H2,(H,16,17). The number of rotatable bonds is 3. The molecule has 0 unspecified atom stereocenters. The van der Waals surface area contributed by atoms with Crippen LogP contribution in [0.1, 0.15) is 18.4 Å². The summed E-state index contributed by atoms with van der Waals surface area (Å²) in [5, 5.41) is 9.02. The van der Waals surface area contributed by atoms with Crippen LogP contribution in [-0.4, -0.2) is 40.8 Å². The van der Waals surface area contributed by atoms with Gasteiger partial charge in [-0.1, -0.05) is 0 Å². The van der Waals surface area contributed by atoms with Gasteiger partial charge in [0.05, 0.1) is 19.7 Å². The maximum absolute atomic E-state index is 11.0. The van der Waals surface area contributed by atoms with Crippen LogP contribution >= 0.6 is 0 Å². The Bertz CT molecular complexity index is 488. The van der Waals surface area contributed by atoms with Crippen LogP contribution < -0.4 is 9.47 Å². The normalized spacial score (nSPS) is 18.2. The summed E-state index contributed by atoms with van der Waals surface area (Å²) in [5.74, 6) is 1.70. The lowest BCUT2D eigenvalue weighted by Crippen LogP contribution is -2.30. The average Bonchev–Trinajstić information content (AvgIpc) is 3.22. The SMILES string of the molecule is O=C(O)N1CCOc2nc(OCC3CC3)ccc2C1. The Kier molecular flexibility index (Phi) is 3.15. The number of hydrogen-bond donors (Lipinski definition) is 1. The molecule has 3 rings (SSSR count). The minimum Gasteiger partial charge on any atom is -0.477 e. The molecule has 0 bridgehead atoms. The van der Waals surface area contributed by atoms with Crippen molar-refractivity contribution in [2.75, 3.05) is 19.8 Å². The van der Waals surface area contributed by atoms with E-state index in [1.54, 1.807) is 6.07 Å². The van der Waals surface area contributed by atoms with E-state index in [1.807, 2.05) is 6.07 Å². The third-order valence-electron chi connectivity index (χ3n) is 3.31. The van der Waals surface area contributed by atoms with Gasteiger partial charge in [-0.2, -0.15) is 4.98 Å². The number of pyridine rings is 1. The van der Waals surface area contributed by atoms with E-state index in [4.69, 9.17) is 14.6 Å². The molecular formula is C13H16N2O4. The second kappa shape index (κ2) is 4.95. The fraction of sp³-hybridized carbons (Fsp3) is 0.538. The molecule has 0 atom stereocenters. The third-order valence-corrected chi connectivity index (χ3v) is 3.31. The summed E-state index contributed by atoms with van der Waals surface area (Å²) >= 11 is 0. The van der Waals surface area contributed by atoms with Crippen LogP contribution in [0.3, 0.4) is 0 Å². The van der Waals surface area contributed by atoms with E-state index < -0.39 is 6.09 Å². The Labute approximate surface area is 111 Å². The number of amides is 1. The second-order valence-corrected chi connectivity index (χ2v) is 4.92. The number of aromatic nitrogens is 1. The first-order chi connectivity index (χ1) is 9.22. The molecule has 1 fully saturated rings. The van der Waals surface area contributed by atoms with E-state index in [0.29, 0.717) is 44.0 Å². The number of fused-ring (bicyclic) bond motifs is 1. The van der Waals surface area contributed by atoms with Gasteiger partial charge in [0.15, 0.2) is 0 Å². The van der Waals surface area contributed by atoms with Crippen molar-refractivity contribution in [2.45, 2.75) is 19.4 Å². The van der Waals surface area contributed by atoms with E-state index in [1.165, 1.54) is 17.7 Å². The molecule has 2 aliphatic rings. The molecule has 0 aromatic carbocycles. The van der Waals surface area contributed by atoms with Crippen molar-refractivity contribution < 1.29 is 19.4 Å². The molecule has 1 saturated carbocycles. The highest BCUT2D eigenvalue weighted by atomic mass is 16.5. The predicted molar refractivity (Wildman–Crippen MR) is 66.4 cm³/mol. The van der Waals surface area contributed by atoms with Gasteiger partial charge in [-0.3, -0.25) is 0 Å². The minimum absolute atomic E-state index is 0.306. The third kappa shape index (κ3) is 2.89. The van der Waals surface area contributed by atoms with Crippen molar-refractivity contribution in [3.05, 3.63) is 17.7 Å². The van der Waals surface area contributed by atoms with Gasteiger partial charge in [0.1, 0.15) is 6.61 Å². The molecule has 1 aliphatic carbocycles. The van der Waals surface area contributed by atoms with Crippen LogP contribution in [0.15, 0.2) is 12.1 Å². The zero-order valence-electron chi connectivity index (χ0n) is 10.5. The summed E-state index contributed by atoms with van der Waals surface area (Å²) in [6.07, 6.45) is 1.52. The summed E-state index contributed by atoms with van der Waals surface area (Å²) in [5.41, 5.74) is 0.777. The molecule has 0 radical (unpaired) electrons. The van der Waals surface area contributed by atoms with Gasteiger partial charge in [-0.15, -0.1) is 0 Å². The molecule has 1 N–H and O–H groups in total. The van der Waals surface area contributed by atoms with Crippen LogP contribution in [0.5, 0.6) is 11.8 Å². The molecule has 2 heterocycles. The molecule has 0 spiro atoms. The summed E-state index contributed by atoms with van der Waals surface area (Å²) in [6, 6.07) is 3.60. The summed E-state index contributed by atoms with van der Waals surface area (Å²) in [7, 11) is 0. The van der Waals surface area contributed by atoms with Gasteiger partial charge in [0.25, 0.3) is 0 Å². The number of carboxylic acid groups (broad SMARTS) is 1. The van der Waals surface area contributed by atoms with Gasteiger partial charge in [-0.05, 0) is 24.8 Å². The highest BCUT2D eigenvalue weighted by Crippen LogP contribution is 2.30. The summed E-state index contributed by atoms with van der Waals surface area (Å²) in [6.45, 7) is 1.68. The van der Waals surface area contributed by atoms with Crippen molar-refractivity contribution in [1.29, 1.82) is 0 Å². The monoisotopic (exact) mass is 264 g/mol. The molecule has 1 aromatic heterocycles. The Morgan fingerprint density at radius 2 is 2.37 bits per heavy atom. The molecule has 19 heavy (non-hydrogen) atoms. The lowest BCUT2D eigenvalue weighted by atomic mass is 10.2. The average molecular weight is 264 g/mol. The zero-order chi connectivity index (χ0) is 13.2. The second-order valence-electron chi connectivity index (χ2n) is 4.92. The Morgan fingerprint density at radius 1 is 1.53 bits per heavy atom. The first-order valence-electron chi connectivity index (χ1n) is 6.46. The van der Waals surface area contributed by atoms with Crippen molar-refractivity contribution in [2.24, 2.45) is 5.92 Å². The fourth-order valence-electron chi connectivity index (χ4n) is 1.97. The Balaban J connectivity index is 1.72. The van der Waals surface area contributed by atoms with Gasteiger partial charge in [-0.25, -0.2) is 4.79 Å². The predicted octanol–water partition coefficient (Wildman–Crippen LogP) is 1.74. The van der Waals surface area contributed by atoms with Crippen LogP contribution in [0.4, 0.5) is 4.79 Å². The topological polar surface area (TPSA) is 71.9 Å². The van der Waals surface area contributed by atoms with Crippen LogP contribution in [0, 0.1) is 5.92 Å². The number of nitrogens with zero attached hydrogens (tertiary/aromatic N) is 2. The minimum atomic E-state index is -0.939. The van der Waals surface area contributed by atoms with Gasteiger partial charge < -0.3 is 19.5 Å². The van der Waals surface area contributed by atoms with Crippen molar-refractivity contribution in [3.63, 3.8) is 0 Å². The molecule has 1 amide bonds. The van der Waals surface area contributed by atoms with E-state index in [2.05, 4.69) is 4.98 Å². The summed E-state index contributed by atoms with van der Waals surface area (Å²) in [4.78, 5) is 16.6. The molecular weight excluding hydrogens is 248 g/mol. The van der Waals surface area contributed by atoms with Gasteiger partial charge in [0.2, 0.25) is 11.8 Å². The van der Waals surface area contributed by atoms with E-state index in [-0.39, 0.29) is 0 Å². The van der Waals surface area contributed by atoms with E-state index in [9.17, 15) is 4.79 Å². The fourth-order valence-corrected chi connectivity index (χ4v) is 1.97. The zero-order valence-corrected chi connectivity index (χ0v) is 10.5. The molecule has 1 aliphatic heterocycles. The molecule has 102 valence electrons. The molecule has 6 heteroatoms. The highest BCUT2D eigenvalue weighted by Gasteiger charge is 2.23. The maximum Gasteiger partial charge on any atom is 0.407 e. The molecule has 0 saturated heterocycles. The van der Waals surface area contributed by atoms with E-state index >= 15 is 0 Å². The highest BCUT2D eigenvalue weighted by molar-refractivity contribution is 5.65. The van der Waals surface area contributed by atoms with Gasteiger partial charge in [0, 0.05) is 11.6 Å². The largest absolute Gasteiger partial charge is 0.477 e. The maximum atomic E-state index is 11.0. The van der Waals surface area contributed by atoms with Gasteiger partial charge >= 0.3 is 6.09 Å². The number of carbonyl (C=O) groups is 1. The van der Waals surface area contributed by atoms with Crippen molar-refractivity contribution >= 4 is 6.09 Å². The summed E-state index contributed by atoms with van der Waals surface area (Å²) < 4.78 is 11.1. The first-order valence-corrected chi connectivity index (χ1v) is 6.46. The van der Waals surface area contributed by atoms with E-state index in [0.717, 1.165) is 5.56 Å². The number of ether oxygens (including phenoxy) is 2. The van der Waals surface area contributed by atoms with Crippen LogP contribution in [0.25, 0.3) is 0 Å².